The third-order valence-electron chi connectivity index (χ3n) is 7.53. The predicted molar refractivity (Wildman–Crippen MR) is 168 cm³/mol. The Balaban J connectivity index is 2.89. The molecule has 0 spiro atoms. The quantitative estimate of drug-likeness (QED) is 0.123. The van der Waals surface area contributed by atoms with Crippen LogP contribution in [0, 0.1) is 17.8 Å². The maximum Gasteiger partial charge on any atom is 0.303 e. The molecule has 11 nitrogen and oxygen atoms in total. The van der Waals surface area contributed by atoms with Gasteiger partial charge in [0.1, 0.15) is 12.1 Å². The van der Waals surface area contributed by atoms with Gasteiger partial charge >= 0.3 is 5.97 Å². The minimum absolute atomic E-state index is 0.00623. The summed E-state index contributed by atoms with van der Waals surface area (Å²) in [7, 11) is 0. The van der Waals surface area contributed by atoms with Crippen LogP contribution in [0.5, 0.6) is 0 Å². The number of aliphatic carboxylic acids is 1. The number of carbonyl (C=O) groups is 5. The lowest BCUT2D eigenvalue weighted by Crippen LogP contribution is -2.57. The number of amides is 4. The molecule has 0 aliphatic heterocycles. The van der Waals surface area contributed by atoms with E-state index in [1.54, 1.807) is 12.1 Å². The topological polar surface area (TPSA) is 180 Å². The van der Waals surface area contributed by atoms with E-state index in [1.807, 2.05) is 53.7 Å². The Morgan fingerprint density at radius 3 is 2.05 bits per heavy atom. The van der Waals surface area contributed by atoms with Crippen molar-refractivity contribution in [2.75, 3.05) is 5.73 Å². The number of anilines is 1. The number of carbonyl (C=O) groups excluding carboxylic acids is 4. The highest BCUT2D eigenvalue weighted by atomic mass is 16.4. The van der Waals surface area contributed by atoms with Crippen molar-refractivity contribution in [1.82, 2.24) is 21.3 Å². The number of hydrogen-bond donors (Lipinski definition) is 6. The molecule has 11 heteroatoms. The fourth-order valence-corrected chi connectivity index (χ4v) is 4.73. The lowest BCUT2D eigenvalue weighted by molar-refractivity contribution is -0.137. The van der Waals surface area contributed by atoms with E-state index in [0.29, 0.717) is 37.9 Å². The molecule has 5 atom stereocenters. The monoisotopic (exact) mass is 603 g/mol. The summed E-state index contributed by atoms with van der Waals surface area (Å²) in [4.78, 5) is 62.8. The zero-order valence-electron chi connectivity index (χ0n) is 26.7. The van der Waals surface area contributed by atoms with Crippen LogP contribution in [-0.2, 0) is 30.5 Å². The second-order valence-electron chi connectivity index (χ2n) is 12.0. The molecule has 0 saturated carbocycles. The number of nitrogen functional groups attached to an aromatic ring is 1. The summed E-state index contributed by atoms with van der Waals surface area (Å²) in [6.45, 7) is 12.1. The van der Waals surface area contributed by atoms with Crippen molar-refractivity contribution >= 4 is 35.3 Å². The molecule has 242 valence electrons. The van der Waals surface area contributed by atoms with Gasteiger partial charge in [-0.25, -0.2) is 0 Å². The molecule has 1 aromatic carbocycles. The normalized spacial score (nSPS) is 14.6. The number of carboxylic acid groups (broad SMARTS) is 1. The molecule has 1 rings (SSSR count). The fraction of sp³-hybridized carbons (Fsp3) is 0.656. The minimum atomic E-state index is -0.985. The van der Waals surface area contributed by atoms with Gasteiger partial charge in [-0.05, 0) is 54.7 Å². The molecule has 0 aromatic heterocycles. The molecule has 0 unspecified atom stereocenters. The Morgan fingerprint density at radius 2 is 1.49 bits per heavy atom. The Labute approximate surface area is 256 Å². The van der Waals surface area contributed by atoms with Gasteiger partial charge in [-0.2, -0.15) is 0 Å². The second kappa shape index (κ2) is 19.5. The lowest BCUT2D eigenvalue weighted by atomic mass is 9.90. The first-order valence-corrected chi connectivity index (χ1v) is 15.5. The third-order valence-corrected chi connectivity index (χ3v) is 7.53. The molecule has 0 saturated heterocycles. The number of benzene rings is 1. The van der Waals surface area contributed by atoms with Crippen molar-refractivity contribution in [3.05, 3.63) is 29.8 Å². The summed E-state index contributed by atoms with van der Waals surface area (Å²) in [5, 5.41) is 20.4. The summed E-state index contributed by atoms with van der Waals surface area (Å²) in [5.74, 6) is -2.39. The van der Waals surface area contributed by atoms with Gasteiger partial charge in [0.15, 0.2) is 0 Å². The number of hydrogen-bond acceptors (Lipinski definition) is 6. The lowest BCUT2D eigenvalue weighted by Gasteiger charge is -2.30. The second-order valence-corrected chi connectivity index (χ2v) is 12.0. The highest BCUT2D eigenvalue weighted by Crippen LogP contribution is 2.18. The average molecular weight is 604 g/mol. The van der Waals surface area contributed by atoms with Crippen LogP contribution >= 0.6 is 0 Å². The van der Waals surface area contributed by atoms with E-state index >= 15 is 0 Å². The van der Waals surface area contributed by atoms with Gasteiger partial charge in [0, 0.05) is 37.5 Å². The summed E-state index contributed by atoms with van der Waals surface area (Å²) in [5.41, 5.74) is 7.32. The molecule has 0 aliphatic carbocycles. The molecule has 0 bridgehead atoms. The molecule has 0 heterocycles. The highest BCUT2D eigenvalue weighted by molar-refractivity contribution is 5.92. The van der Waals surface area contributed by atoms with Crippen LogP contribution in [0.3, 0.4) is 0 Å². The summed E-state index contributed by atoms with van der Waals surface area (Å²) < 4.78 is 0. The van der Waals surface area contributed by atoms with E-state index in [2.05, 4.69) is 21.3 Å². The Morgan fingerprint density at radius 1 is 0.837 bits per heavy atom. The molecule has 0 radical (unpaired) electrons. The molecule has 43 heavy (non-hydrogen) atoms. The van der Waals surface area contributed by atoms with Crippen LogP contribution < -0.4 is 27.0 Å². The van der Waals surface area contributed by atoms with E-state index in [4.69, 9.17) is 10.8 Å². The van der Waals surface area contributed by atoms with Gasteiger partial charge in [0.05, 0.1) is 0 Å². The Bertz CT molecular complexity index is 1050. The van der Waals surface area contributed by atoms with Crippen molar-refractivity contribution < 1.29 is 29.1 Å². The van der Waals surface area contributed by atoms with Crippen molar-refractivity contribution in [2.45, 2.75) is 118 Å². The summed E-state index contributed by atoms with van der Waals surface area (Å²) >= 11 is 0. The van der Waals surface area contributed by atoms with Gasteiger partial charge in [-0.3, -0.25) is 24.0 Å². The first-order chi connectivity index (χ1) is 20.3. The van der Waals surface area contributed by atoms with Crippen LogP contribution in [0.25, 0.3) is 0 Å². The number of nitrogens with two attached hydrogens (primary N) is 1. The van der Waals surface area contributed by atoms with Crippen molar-refractivity contribution in [3.63, 3.8) is 0 Å². The zero-order chi connectivity index (χ0) is 32.5. The first kappa shape index (κ1) is 37.4. The zero-order valence-corrected chi connectivity index (χ0v) is 26.7. The van der Waals surface area contributed by atoms with E-state index in [-0.39, 0.29) is 61.3 Å². The van der Waals surface area contributed by atoms with Gasteiger partial charge in [0.2, 0.25) is 23.6 Å². The number of rotatable bonds is 20. The van der Waals surface area contributed by atoms with Crippen molar-refractivity contribution in [1.29, 1.82) is 0 Å². The van der Waals surface area contributed by atoms with Crippen molar-refractivity contribution in [3.8, 4) is 0 Å². The number of nitrogens with one attached hydrogen (secondary N) is 4. The van der Waals surface area contributed by atoms with E-state index in [0.717, 1.165) is 5.56 Å². The molecule has 0 aliphatic rings. The summed E-state index contributed by atoms with van der Waals surface area (Å²) in [6.07, 6.45) is 2.58. The minimum Gasteiger partial charge on any atom is -0.481 e. The summed E-state index contributed by atoms with van der Waals surface area (Å²) in [6, 6.07) is 5.33. The molecular weight excluding hydrogens is 550 g/mol. The third kappa shape index (κ3) is 14.9. The molecular formula is C32H53N5O6. The largest absolute Gasteiger partial charge is 0.481 e. The maximum atomic E-state index is 13.5. The smallest absolute Gasteiger partial charge is 0.303 e. The predicted octanol–water partition coefficient (Wildman–Crippen LogP) is 3.51. The van der Waals surface area contributed by atoms with E-state index in [9.17, 15) is 24.0 Å². The van der Waals surface area contributed by atoms with Crippen LogP contribution in [-0.4, -0.2) is 52.8 Å². The molecule has 0 fully saturated rings. The maximum absolute atomic E-state index is 13.5. The van der Waals surface area contributed by atoms with Crippen molar-refractivity contribution in [2.24, 2.45) is 17.8 Å². The van der Waals surface area contributed by atoms with Gasteiger partial charge in [-0.1, -0.05) is 66.5 Å². The first-order valence-electron chi connectivity index (χ1n) is 15.5. The highest BCUT2D eigenvalue weighted by Gasteiger charge is 2.31. The Hall–Kier alpha value is -3.63. The molecule has 1 aromatic rings. The van der Waals surface area contributed by atoms with Crippen LogP contribution in [0.1, 0.15) is 98.5 Å². The van der Waals surface area contributed by atoms with Crippen LogP contribution in [0.15, 0.2) is 24.3 Å². The molecule has 4 amide bonds. The SMILES string of the molecule is CCC[C@H](NC(=O)[C@@H](NC(=O)CCCC(=O)O)[C@@H](C)CC)C(=O)N[C@@H](CC(C)C)[C@@H](C)CC(=O)NCc1ccc(N)cc1. The Kier molecular flexibility index (Phi) is 17.0. The van der Waals surface area contributed by atoms with Crippen LogP contribution in [0.4, 0.5) is 5.69 Å². The average Bonchev–Trinajstić information content (AvgIpc) is 2.94. The van der Waals surface area contributed by atoms with Gasteiger partial charge < -0.3 is 32.1 Å². The standard InChI is InChI=1S/C32H53N5O6/c1-7-10-25(35-32(43)30(21(5)8-2)37-27(38)11-9-12-29(40)41)31(42)36-26(17-20(3)4)22(6)18-28(39)34-19-23-13-15-24(33)16-14-23/h13-16,20-22,25-26,30H,7-12,17-19,33H2,1-6H3,(H,34,39)(H,35,43)(H,36,42)(H,37,38)(H,40,41)/t21-,22-,25-,26-,30-/m0/s1. The van der Waals surface area contributed by atoms with Crippen LogP contribution in [0.2, 0.25) is 0 Å². The number of carboxylic acids is 1. The van der Waals surface area contributed by atoms with E-state index < -0.39 is 29.9 Å². The van der Waals surface area contributed by atoms with Gasteiger partial charge in [0.25, 0.3) is 0 Å². The van der Waals surface area contributed by atoms with E-state index in [1.165, 1.54) is 0 Å². The van der Waals surface area contributed by atoms with Gasteiger partial charge in [-0.15, -0.1) is 0 Å². The fourth-order valence-electron chi connectivity index (χ4n) is 4.73. The molecule has 7 N–H and O–H groups in total.